The molecule has 0 radical (unpaired) electrons. The average molecular weight is 228 g/mol. The van der Waals surface area contributed by atoms with Crippen LogP contribution in [-0.2, 0) is 0 Å². The van der Waals surface area contributed by atoms with Gasteiger partial charge in [0.25, 0.3) is 0 Å². The van der Waals surface area contributed by atoms with Gasteiger partial charge in [-0.25, -0.2) is 0 Å². The molecule has 1 rings (SSSR count). The van der Waals surface area contributed by atoms with Crippen molar-refractivity contribution in [2.24, 2.45) is 5.73 Å². The van der Waals surface area contributed by atoms with E-state index in [2.05, 4.69) is 11.8 Å². The van der Waals surface area contributed by atoms with Crippen molar-refractivity contribution in [1.29, 1.82) is 0 Å². The lowest BCUT2D eigenvalue weighted by Crippen LogP contribution is -2.41. The number of hydrogen-bond donors (Lipinski definition) is 2. The molecule has 0 saturated carbocycles. The van der Waals surface area contributed by atoms with E-state index in [-0.39, 0.29) is 0 Å². The van der Waals surface area contributed by atoms with Crippen LogP contribution < -0.4 is 5.73 Å². The summed E-state index contributed by atoms with van der Waals surface area (Å²) < 4.78 is 0. The monoisotopic (exact) mass is 228 g/mol. The Balaban J connectivity index is 2.25. The zero-order valence-electron chi connectivity index (χ0n) is 10.9. The third-order valence-electron chi connectivity index (χ3n) is 3.82. The van der Waals surface area contributed by atoms with Crippen molar-refractivity contribution in [3.63, 3.8) is 0 Å². The highest BCUT2D eigenvalue weighted by Crippen LogP contribution is 2.20. The zero-order chi connectivity index (χ0) is 12.0. The quantitative estimate of drug-likeness (QED) is 0.728. The number of likely N-dealkylation sites (tertiary alicyclic amines) is 1. The first-order valence-corrected chi connectivity index (χ1v) is 6.75. The first-order valence-electron chi connectivity index (χ1n) is 6.75. The summed E-state index contributed by atoms with van der Waals surface area (Å²) in [7, 11) is 0. The van der Waals surface area contributed by atoms with Crippen LogP contribution in [-0.4, -0.2) is 41.3 Å². The summed E-state index contributed by atoms with van der Waals surface area (Å²) in [6, 6.07) is 0.775. The van der Waals surface area contributed by atoms with E-state index < -0.39 is 5.60 Å². The average Bonchev–Trinajstić information content (AvgIpc) is 2.29. The van der Waals surface area contributed by atoms with Gasteiger partial charge in [-0.15, -0.1) is 0 Å². The van der Waals surface area contributed by atoms with E-state index >= 15 is 0 Å². The molecule has 0 bridgehead atoms. The van der Waals surface area contributed by atoms with E-state index in [0.29, 0.717) is 6.54 Å². The van der Waals surface area contributed by atoms with E-state index in [9.17, 15) is 5.11 Å². The Bertz CT molecular complexity index is 194. The smallest absolute Gasteiger partial charge is 0.0741 e. The molecule has 0 aromatic heterocycles. The van der Waals surface area contributed by atoms with Crippen molar-refractivity contribution in [1.82, 2.24) is 4.90 Å². The van der Waals surface area contributed by atoms with Crippen LogP contribution in [0.1, 0.15) is 52.4 Å². The summed E-state index contributed by atoms with van der Waals surface area (Å²) in [6.07, 6.45) is 7.20. The molecule has 3 N–H and O–H groups in total. The molecule has 1 heterocycles. The molecule has 96 valence electrons. The topological polar surface area (TPSA) is 49.5 Å². The molecule has 3 heteroatoms. The van der Waals surface area contributed by atoms with Crippen molar-refractivity contribution in [2.75, 3.05) is 19.6 Å². The van der Waals surface area contributed by atoms with Crippen LogP contribution in [0.15, 0.2) is 0 Å². The highest BCUT2D eigenvalue weighted by atomic mass is 16.3. The van der Waals surface area contributed by atoms with E-state index in [0.717, 1.165) is 25.4 Å². The molecule has 0 spiro atoms. The second-order valence-electron chi connectivity index (χ2n) is 5.40. The van der Waals surface area contributed by atoms with Crippen molar-refractivity contribution in [2.45, 2.75) is 64.0 Å². The predicted octanol–water partition coefficient (Wildman–Crippen LogP) is 1.74. The molecular formula is C13H28N2O. The molecule has 0 amide bonds. The molecule has 0 aliphatic carbocycles. The molecule has 16 heavy (non-hydrogen) atoms. The lowest BCUT2D eigenvalue weighted by molar-refractivity contribution is 0.0498. The predicted molar refractivity (Wildman–Crippen MR) is 68.4 cm³/mol. The molecular weight excluding hydrogens is 200 g/mol. The maximum atomic E-state index is 9.83. The maximum absolute atomic E-state index is 9.83. The summed E-state index contributed by atoms with van der Waals surface area (Å²) in [5.74, 6) is 0. The molecule has 1 fully saturated rings. The molecule has 1 aliphatic heterocycles. The van der Waals surface area contributed by atoms with Gasteiger partial charge < -0.3 is 15.7 Å². The van der Waals surface area contributed by atoms with Gasteiger partial charge in [-0.05, 0) is 52.1 Å². The Morgan fingerprint density at radius 2 is 2.19 bits per heavy atom. The third-order valence-corrected chi connectivity index (χ3v) is 3.82. The summed E-state index contributed by atoms with van der Waals surface area (Å²) in [5, 5.41) is 9.83. The number of nitrogens with zero attached hydrogens (tertiary/aromatic N) is 1. The van der Waals surface area contributed by atoms with Gasteiger partial charge in [-0.1, -0.05) is 13.3 Å². The number of hydrogen-bond acceptors (Lipinski definition) is 3. The van der Waals surface area contributed by atoms with Crippen molar-refractivity contribution in [3.8, 4) is 0 Å². The Morgan fingerprint density at radius 1 is 1.44 bits per heavy atom. The SMILES string of the molecule is CCC1CCCCN1CCCC(C)(O)CN. The van der Waals surface area contributed by atoms with Gasteiger partial charge in [0.2, 0.25) is 0 Å². The highest BCUT2D eigenvalue weighted by Gasteiger charge is 2.22. The van der Waals surface area contributed by atoms with Crippen LogP contribution in [0.4, 0.5) is 0 Å². The van der Waals surface area contributed by atoms with E-state index in [1.54, 1.807) is 0 Å². The van der Waals surface area contributed by atoms with Crippen molar-refractivity contribution >= 4 is 0 Å². The van der Waals surface area contributed by atoms with Gasteiger partial charge in [-0.2, -0.15) is 0 Å². The standard InChI is InChI=1S/C13H28N2O/c1-3-12-7-4-5-9-15(12)10-6-8-13(2,16)11-14/h12,16H,3-11,14H2,1-2H3. The molecule has 2 unspecified atom stereocenters. The Labute approximate surface area is 100 Å². The lowest BCUT2D eigenvalue weighted by atomic mass is 9.97. The molecule has 0 aromatic carbocycles. The van der Waals surface area contributed by atoms with Crippen molar-refractivity contribution in [3.05, 3.63) is 0 Å². The number of piperidine rings is 1. The Kier molecular flexibility index (Phi) is 5.73. The molecule has 1 aliphatic rings. The minimum Gasteiger partial charge on any atom is -0.389 e. The minimum absolute atomic E-state index is 0.365. The van der Waals surface area contributed by atoms with Gasteiger partial charge in [0.1, 0.15) is 0 Å². The molecule has 2 atom stereocenters. The Morgan fingerprint density at radius 3 is 2.81 bits per heavy atom. The Hall–Kier alpha value is -0.120. The van der Waals surface area contributed by atoms with Crippen LogP contribution in [0.2, 0.25) is 0 Å². The molecule has 0 aromatic rings. The van der Waals surface area contributed by atoms with Gasteiger partial charge >= 0.3 is 0 Å². The first kappa shape index (κ1) is 13.9. The second-order valence-corrected chi connectivity index (χ2v) is 5.40. The van der Waals surface area contributed by atoms with Gasteiger partial charge in [0, 0.05) is 12.6 Å². The summed E-state index contributed by atoms with van der Waals surface area (Å²) >= 11 is 0. The van der Waals surface area contributed by atoms with Gasteiger partial charge in [-0.3, -0.25) is 0 Å². The first-order chi connectivity index (χ1) is 7.59. The number of aliphatic hydroxyl groups is 1. The minimum atomic E-state index is -0.669. The summed E-state index contributed by atoms with van der Waals surface area (Å²) in [6.45, 7) is 6.83. The fourth-order valence-corrected chi connectivity index (χ4v) is 2.58. The van der Waals surface area contributed by atoms with Crippen LogP contribution >= 0.6 is 0 Å². The molecule has 3 nitrogen and oxygen atoms in total. The van der Waals surface area contributed by atoms with E-state index in [4.69, 9.17) is 5.73 Å². The highest BCUT2D eigenvalue weighted by molar-refractivity contribution is 4.78. The van der Waals surface area contributed by atoms with Crippen LogP contribution in [0, 0.1) is 0 Å². The van der Waals surface area contributed by atoms with Crippen LogP contribution in [0.25, 0.3) is 0 Å². The van der Waals surface area contributed by atoms with Gasteiger partial charge in [0.05, 0.1) is 5.60 Å². The normalized spacial score (nSPS) is 26.6. The summed E-state index contributed by atoms with van der Waals surface area (Å²) in [5.41, 5.74) is 4.85. The van der Waals surface area contributed by atoms with E-state index in [1.165, 1.54) is 32.2 Å². The largest absolute Gasteiger partial charge is 0.389 e. The van der Waals surface area contributed by atoms with E-state index in [1.807, 2.05) is 6.92 Å². The zero-order valence-corrected chi connectivity index (χ0v) is 10.9. The number of nitrogens with two attached hydrogens (primary N) is 1. The second kappa shape index (κ2) is 6.58. The maximum Gasteiger partial charge on any atom is 0.0741 e. The fourth-order valence-electron chi connectivity index (χ4n) is 2.58. The summed E-state index contributed by atoms with van der Waals surface area (Å²) in [4.78, 5) is 2.59. The lowest BCUT2D eigenvalue weighted by Gasteiger charge is -2.35. The van der Waals surface area contributed by atoms with Crippen molar-refractivity contribution < 1.29 is 5.11 Å². The number of rotatable bonds is 6. The molecule has 1 saturated heterocycles. The van der Waals surface area contributed by atoms with Crippen LogP contribution in [0.5, 0.6) is 0 Å². The fraction of sp³-hybridized carbons (Fsp3) is 1.00. The van der Waals surface area contributed by atoms with Gasteiger partial charge in [0.15, 0.2) is 0 Å². The third kappa shape index (κ3) is 4.40. The van der Waals surface area contributed by atoms with Crippen LogP contribution in [0.3, 0.4) is 0 Å².